The molecule has 3 rings (SSSR count). The summed E-state index contributed by atoms with van der Waals surface area (Å²) >= 11 is 0. The number of benzene rings is 1. The maximum absolute atomic E-state index is 12.5. The van der Waals surface area contributed by atoms with Gasteiger partial charge in [-0.1, -0.05) is 25.0 Å². The number of amides is 1. The highest BCUT2D eigenvalue weighted by molar-refractivity contribution is 5.79. The van der Waals surface area contributed by atoms with Crippen LogP contribution in [0.25, 0.3) is 0 Å². The predicted molar refractivity (Wildman–Crippen MR) is 97.2 cm³/mol. The van der Waals surface area contributed by atoms with E-state index in [2.05, 4.69) is 10.2 Å². The third-order valence-corrected chi connectivity index (χ3v) is 5.82. The van der Waals surface area contributed by atoms with Crippen LogP contribution in [0, 0.1) is 5.92 Å². The van der Waals surface area contributed by atoms with Crippen molar-refractivity contribution in [1.82, 2.24) is 10.2 Å². The van der Waals surface area contributed by atoms with Gasteiger partial charge in [0.1, 0.15) is 5.75 Å². The van der Waals surface area contributed by atoms with Gasteiger partial charge in [0.2, 0.25) is 5.91 Å². The topological polar surface area (TPSA) is 72.8 Å². The third-order valence-electron chi connectivity index (χ3n) is 5.82. The summed E-state index contributed by atoms with van der Waals surface area (Å²) < 4.78 is 0. The highest BCUT2D eigenvalue weighted by atomic mass is 16.3. The van der Waals surface area contributed by atoms with Crippen LogP contribution < -0.4 is 5.32 Å². The van der Waals surface area contributed by atoms with Gasteiger partial charge in [-0.05, 0) is 63.4 Å². The van der Waals surface area contributed by atoms with Crippen LogP contribution in [0.2, 0.25) is 0 Å². The molecule has 2 aliphatic rings. The van der Waals surface area contributed by atoms with Gasteiger partial charge in [0, 0.05) is 12.0 Å². The van der Waals surface area contributed by atoms with Crippen LogP contribution in [0.3, 0.4) is 0 Å². The van der Waals surface area contributed by atoms with Crippen molar-refractivity contribution in [2.45, 2.75) is 63.6 Å². The van der Waals surface area contributed by atoms with Crippen molar-refractivity contribution in [2.24, 2.45) is 5.92 Å². The molecule has 1 aliphatic carbocycles. The average molecular weight is 346 g/mol. The third kappa shape index (κ3) is 4.53. The molecule has 2 fully saturated rings. The Morgan fingerprint density at radius 2 is 1.72 bits per heavy atom. The molecule has 5 nitrogen and oxygen atoms in total. The van der Waals surface area contributed by atoms with Gasteiger partial charge >= 0.3 is 0 Å². The molecule has 2 atom stereocenters. The summed E-state index contributed by atoms with van der Waals surface area (Å²) in [5, 5.41) is 22.7. The maximum Gasteiger partial charge on any atom is 0.223 e. The number of nitrogens with one attached hydrogen (secondary N) is 1. The first-order valence-corrected chi connectivity index (χ1v) is 9.56. The fourth-order valence-corrected chi connectivity index (χ4v) is 4.18. The number of rotatable bonds is 5. The molecule has 0 spiro atoms. The van der Waals surface area contributed by atoms with Gasteiger partial charge in [-0.3, -0.25) is 4.79 Å². The first-order valence-electron chi connectivity index (χ1n) is 9.56. The minimum Gasteiger partial charge on any atom is -0.508 e. The first-order chi connectivity index (χ1) is 12.0. The normalized spacial score (nSPS) is 22.6. The summed E-state index contributed by atoms with van der Waals surface area (Å²) in [6.07, 6.45) is 6.35. The highest BCUT2D eigenvalue weighted by Gasteiger charge is 2.31. The SMILES string of the molecule is C[C@@H](NC(=O)C1CCN(C2CCCC2)CC1)[C@@H](O)c1ccc(O)cc1. The molecule has 1 saturated carbocycles. The molecular formula is C20H30N2O3. The van der Waals surface area contributed by atoms with Crippen molar-refractivity contribution in [3.05, 3.63) is 29.8 Å². The lowest BCUT2D eigenvalue weighted by molar-refractivity contribution is -0.128. The van der Waals surface area contributed by atoms with Crippen molar-refractivity contribution in [3.8, 4) is 5.75 Å². The number of carbonyl (C=O) groups excluding carboxylic acids is 1. The van der Waals surface area contributed by atoms with E-state index in [1.165, 1.54) is 25.7 Å². The van der Waals surface area contributed by atoms with Crippen LogP contribution in [0.5, 0.6) is 5.75 Å². The smallest absolute Gasteiger partial charge is 0.223 e. The molecule has 1 amide bonds. The van der Waals surface area contributed by atoms with E-state index in [1.54, 1.807) is 24.3 Å². The van der Waals surface area contributed by atoms with Crippen molar-refractivity contribution < 1.29 is 15.0 Å². The summed E-state index contributed by atoms with van der Waals surface area (Å²) in [4.78, 5) is 15.1. The number of nitrogens with zero attached hydrogens (tertiary/aromatic N) is 1. The molecule has 0 bridgehead atoms. The summed E-state index contributed by atoms with van der Waals surface area (Å²) in [6.45, 7) is 3.85. The predicted octanol–water partition coefficient (Wildman–Crippen LogP) is 2.58. The van der Waals surface area contributed by atoms with E-state index in [1.807, 2.05) is 6.92 Å². The molecule has 1 heterocycles. The zero-order valence-corrected chi connectivity index (χ0v) is 15.0. The molecule has 0 unspecified atom stereocenters. The van der Waals surface area contributed by atoms with Crippen LogP contribution in [-0.4, -0.2) is 46.2 Å². The number of piperidine rings is 1. The fourth-order valence-electron chi connectivity index (χ4n) is 4.18. The zero-order valence-electron chi connectivity index (χ0n) is 15.0. The van der Waals surface area contributed by atoms with Gasteiger partial charge in [0.25, 0.3) is 0 Å². The highest BCUT2D eigenvalue weighted by Crippen LogP contribution is 2.28. The Balaban J connectivity index is 1.47. The average Bonchev–Trinajstić information content (AvgIpc) is 3.16. The monoisotopic (exact) mass is 346 g/mol. The largest absolute Gasteiger partial charge is 0.508 e. The van der Waals surface area contributed by atoms with Crippen LogP contribution in [-0.2, 0) is 4.79 Å². The lowest BCUT2D eigenvalue weighted by Gasteiger charge is -2.36. The Labute approximate surface area is 150 Å². The van der Waals surface area contributed by atoms with E-state index < -0.39 is 6.10 Å². The Hall–Kier alpha value is -1.59. The fraction of sp³-hybridized carbons (Fsp3) is 0.650. The molecule has 0 radical (unpaired) electrons. The molecule has 1 aromatic rings. The molecule has 1 aliphatic heterocycles. The number of carbonyl (C=O) groups is 1. The van der Waals surface area contributed by atoms with E-state index in [-0.39, 0.29) is 23.6 Å². The van der Waals surface area contributed by atoms with Crippen LogP contribution in [0.1, 0.15) is 57.1 Å². The molecule has 25 heavy (non-hydrogen) atoms. The second-order valence-electron chi connectivity index (χ2n) is 7.58. The molecule has 1 saturated heterocycles. The Morgan fingerprint density at radius 3 is 2.32 bits per heavy atom. The summed E-state index contributed by atoms with van der Waals surface area (Å²) in [7, 11) is 0. The molecule has 138 valence electrons. The minimum atomic E-state index is -0.775. The van der Waals surface area contributed by atoms with Gasteiger partial charge in [-0.25, -0.2) is 0 Å². The standard InChI is InChI=1S/C20H30N2O3/c1-14(19(24)15-6-8-18(23)9-7-15)21-20(25)16-10-12-22(13-11-16)17-4-2-3-5-17/h6-9,14,16-17,19,23-24H,2-5,10-13H2,1H3,(H,21,25)/t14-,19-/m1/s1. The number of likely N-dealkylation sites (tertiary alicyclic amines) is 1. The van der Waals surface area contributed by atoms with Gasteiger partial charge < -0.3 is 20.4 Å². The Kier molecular flexibility index (Phi) is 5.97. The van der Waals surface area contributed by atoms with Crippen molar-refractivity contribution >= 4 is 5.91 Å². The van der Waals surface area contributed by atoms with Crippen molar-refractivity contribution in [3.63, 3.8) is 0 Å². The molecule has 5 heteroatoms. The number of hydrogen-bond donors (Lipinski definition) is 3. The Morgan fingerprint density at radius 1 is 1.12 bits per heavy atom. The minimum absolute atomic E-state index is 0.0483. The number of phenols is 1. The van der Waals surface area contributed by atoms with Gasteiger partial charge in [-0.2, -0.15) is 0 Å². The number of aliphatic hydroxyl groups is 1. The lowest BCUT2D eigenvalue weighted by Crippen LogP contribution is -2.46. The molecule has 0 aromatic heterocycles. The number of aliphatic hydroxyl groups excluding tert-OH is 1. The van der Waals surface area contributed by atoms with Crippen LogP contribution in [0.4, 0.5) is 0 Å². The van der Waals surface area contributed by atoms with Gasteiger partial charge in [0.05, 0.1) is 12.1 Å². The van der Waals surface area contributed by atoms with E-state index in [4.69, 9.17) is 0 Å². The maximum atomic E-state index is 12.5. The lowest BCUT2D eigenvalue weighted by atomic mass is 9.93. The van der Waals surface area contributed by atoms with E-state index in [0.717, 1.165) is 32.0 Å². The van der Waals surface area contributed by atoms with E-state index in [9.17, 15) is 15.0 Å². The van der Waals surface area contributed by atoms with E-state index in [0.29, 0.717) is 5.56 Å². The second-order valence-corrected chi connectivity index (χ2v) is 7.58. The van der Waals surface area contributed by atoms with Gasteiger partial charge in [-0.15, -0.1) is 0 Å². The molecule has 3 N–H and O–H groups in total. The second kappa shape index (κ2) is 8.19. The summed E-state index contributed by atoms with van der Waals surface area (Å²) in [5.74, 6) is 0.269. The van der Waals surface area contributed by atoms with Crippen molar-refractivity contribution in [1.29, 1.82) is 0 Å². The summed E-state index contributed by atoms with van der Waals surface area (Å²) in [6, 6.07) is 6.84. The number of hydrogen-bond acceptors (Lipinski definition) is 4. The number of aromatic hydroxyl groups is 1. The first kappa shape index (κ1) is 18.2. The molecule has 1 aromatic carbocycles. The quantitative estimate of drug-likeness (QED) is 0.766. The summed E-state index contributed by atoms with van der Waals surface area (Å²) in [5.41, 5.74) is 0.696. The molecular weight excluding hydrogens is 316 g/mol. The van der Waals surface area contributed by atoms with E-state index >= 15 is 0 Å². The van der Waals surface area contributed by atoms with Crippen molar-refractivity contribution in [2.75, 3.05) is 13.1 Å². The van der Waals surface area contributed by atoms with Gasteiger partial charge in [0.15, 0.2) is 0 Å². The number of phenolic OH excluding ortho intramolecular Hbond substituents is 1. The Bertz CT molecular complexity index is 561. The zero-order chi connectivity index (χ0) is 17.8. The van der Waals surface area contributed by atoms with Crippen LogP contribution in [0.15, 0.2) is 24.3 Å². The van der Waals surface area contributed by atoms with Crippen LogP contribution >= 0.6 is 0 Å².